The Labute approximate surface area is 226 Å². The molecule has 196 valence electrons. The summed E-state index contributed by atoms with van der Waals surface area (Å²) in [4.78, 5) is 28.6. The maximum atomic E-state index is 14.2. The van der Waals surface area contributed by atoms with Crippen molar-refractivity contribution in [2.75, 3.05) is 5.75 Å². The highest BCUT2D eigenvalue weighted by molar-refractivity contribution is 7.99. The Morgan fingerprint density at radius 2 is 1.68 bits per heavy atom. The number of rotatable bonds is 12. The molecule has 0 saturated heterocycles. The van der Waals surface area contributed by atoms with Crippen LogP contribution in [0, 0.1) is 11.6 Å². The first-order valence-corrected chi connectivity index (χ1v) is 13.7. The second-order valence-electron chi connectivity index (χ2n) is 8.86. The van der Waals surface area contributed by atoms with Crippen LogP contribution in [-0.4, -0.2) is 34.6 Å². The summed E-state index contributed by atoms with van der Waals surface area (Å²) in [6.45, 7) is 4.02. The van der Waals surface area contributed by atoms with Crippen LogP contribution in [0.1, 0.15) is 37.0 Å². The molecule has 8 heteroatoms. The zero-order valence-electron chi connectivity index (χ0n) is 20.9. The van der Waals surface area contributed by atoms with Crippen molar-refractivity contribution in [3.05, 3.63) is 106 Å². The van der Waals surface area contributed by atoms with Gasteiger partial charge in [0.15, 0.2) is 0 Å². The Hall–Kier alpha value is -2.90. The predicted molar refractivity (Wildman–Crippen MR) is 146 cm³/mol. The van der Waals surface area contributed by atoms with E-state index in [1.807, 2.05) is 44.2 Å². The van der Waals surface area contributed by atoms with Crippen LogP contribution in [0.2, 0.25) is 5.02 Å². The van der Waals surface area contributed by atoms with Crippen LogP contribution in [-0.2, 0) is 28.3 Å². The van der Waals surface area contributed by atoms with Crippen LogP contribution >= 0.6 is 23.4 Å². The molecule has 3 rings (SSSR count). The molecule has 2 amide bonds. The van der Waals surface area contributed by atoms with Crippen molar-refractivity contribution in [2.45, 2.75) is 51.1 Å². The number of carbonyl (C=O) groups excluding carboxylic acids is 2. The third kappa shape index (κ3) is 8.58. The molecule has 0 radical (unpaired) electrons. The van der Waals surface area contributed by atoms with Gasteiger partial charge in [0.05, 0.1) is 5.75 Å². The first-order chi connectivity index (χ1) is 17.8. The summed E-state index contributed by atoms with van der Waals surface area (Å²) in [5.41, 5.74) is 1.95. The van der Waals surface area contributed by atoms with Crippen molar-refractivity contribution in [1.82, 2.24) is 10.2 Å². The minimum Gasteiger partial charge on any atom is -0.352 e. The molecule has 0 fully saturated rings. The summed E-state index contributed by atoms with van der Waals surface area (Å²) >= 11 is 7.37. The van der Waals surface area contributed by atoms with Gasteiger partial charge in [-0.05, 0) is 48.7 Å². The topological polar surface area (TPSA) is 49.4 Å². The van der Waals surface area contributed by atoms with Crippen molar-refractivity contribution in [3.8, 4) is 0 Å². The lowest BCUT2D eigenvalue weighted by atomic mass is 10.0. The third-order valence-electron chi connectivity index (χ3n) is 6.07. The highest BCUT2D eigenvalue weighted by atomic mass is 35.5. The molecular formula is C29H31ClF2N2O2S. The summed E-state index contributed by atoms with van der Waals surface area (Å²) in [7, 11) is 0. The van der Waals surface area contributed by atoms with Gasteiger partial charge in [-0.15, -0.1) is 11.8 Å². The Balaban J connectivity index is 1.87. The maximum Gasteiger partial charge on any atom is 0.243 e. The predicted octanol–water partition coefficient (Wildman–Crippen LogP) is 6.41. The number of thioether (sulfide) groups is 1. The van der Waals surface area contributed by atoms with E-state index < -0.39 is 11.9 Å². The van der Waals surface area contributed by atoms with Gasteiger partial charge in [-0.25, -0.2) is 8.78 Å². The van der Waals surface area contributed by atoms with Crippen molar-refractivity contribution >= 4 is 35.2 Å². The maximum absolute atomic E-state index is 14.2. The van der Waals surface area contributed by atoms with E-state index in [-0.39, 0.29) is 41.7 Å². The number of hydrogen-bond donors (Lipinski definition) is 1. The van der Waals surface area contributed by atoms with Crippen molar-refractivity contribution in [1.29, 1.82) is 0 Å². The third-order valence-corrected chi connectivity index (χ3v) is 7.37. The molecular weight excluding hydrogens is 514 g/mol. The van der Waals surface area contributed by atoms with Gasteiger partial charge in [0.1, 0.15) is 17.7 Å². The molecule has 0 heterocycles. The van der Waals surface area contributed by atoms with E-state index in [1.165, 1.54) is 40.9 Å². The number of carbonyl (C=O) groups is 2. The second kappa shape index (κ2) is 14.1. The SMILES string of the molecule is CC[C@@H](C)NC(=O)[C@H](Cc1ccccc1)N(Cc1ccc(F)cc1)C(=O)CSCc1c(F)cccc1Cl. The lowest BCUT2D eigenvalue weighted by Gasteiger charge is -2.32. The van der Waals surface area contributed by atoms with Crippen LogP contribution in [0.25, 0.3) is 0 Å². The number of nitrogens with zero attached hydrogens (tertiary/aromatic N) is 1. The van der Waals surface area contributed by atoms with Gasteiger partial charge in [-0.3, -0.25) is 9.59 Å². The van der Waals surface area contributed by atoms with Gasteiger partial charge in [0.2, 0.25) is 11.8 Å². The molecule has 4 nitrogen and oxygen atoms in total. The summed E-state index contributed by atoms with van der Waals surface area (Å²) in [5, 5.41) is 3.31. The van der Waals surface area contributed by atoms with Gasteiger partial charge in [-0.1, -0.05) is 67.1 Å². The molecule has 0 spiro atoms. The monoisotopic (exact) mass is 544 g/mol. The van der Waals surface area contributed by atoms with E-state index in [0.717, 1.165) is 12.0 Å². The van der Waals surface area contributed by atoms with Crippen LogP contribution in [0.5, 0.6) is 0 Å². The molecule has 2 atom stereocenters. The number of benzene rings is 3. The smallest absolute Gasteiger partial charge is 0.243 e. The van der Waals surface area contributed by atoms with Crippen LogP contribution in [0.15, 0.2) is 72.8 Å². The summed E-state index contributed by atoms with van der Waals surface area (Å²) < 4.78 is 27.8. The van der Waals surface area contributed by atoms with Crippen molar-refractivity contribution in [2.24, 2.45) is 0 Å². The first kappa shape index (κ1) is 28.7. The van der Waals surface area contributed by atoms with E-state index in [1.54, 1.807) is 18.2 Å². The van der Waals surface area contributed by atoms with Crippen LogP contribution < -0.4 is 5.32 Å². The molecule has 3 aromatic carbocycles. The largest absolute Gasteiger partial charge is 0.352 e. The molecule has 0 saturated carbocycles. The van der Waals surface area contributed by atoms with Gasteiger partial charge in [-0.2, -0.15) is 0 Å². The zero-order chi connectivity index (χ0) is 26.8. The highest BCUT2D eigenvalue weighted by Gasteiger charge is 2.31. The standard InChI is InChI=1S/C29H31ClF2N2O2S/c1-3-20(2)33-29(36)27(16-21-8-5-4-6-9-21)34(17-22-12-14-23(31)15-13-22)28(35)19-37-18-24-25(30)10-7-11-26(24)32/h4-15,20,27H,3,16-19H2,1-2H3,(H,33,36)/t20-,27+/m1/s1. The van der Waals surface area contributed by atoms with Gasteiger partial charge in [0.25, 0.3) is 0 Å². The number of halogens is 3. The van der Waals surface area contributed by atoms with Gasteiger partial charge >= 0.3 is 0 Å². The van der Waals surface area contributed by atoms with E-state index in [0.29, 0.717) is 22.6 Å². The molecule has 0 aliphatic heterocycles. The number of hydrogen-bond acceptors (Lipinski definition) is 3. The average Bonchev–Trinajstić information content (AvgIpc) is 2.89. The molecule has 3 aromatic rings. The summed E-state index contributed by atoms with van der Waals surface area (Å²) in [6.07, 6.45) is 1.06. The molecule has 0 bridgehead atoms. The lowest BCUT2D eigenvalue weighted by molar-refractivity contribution is -0.139. The molecule has 37 heavy (non-hydrogen) atoms. The van der Waals surface area contributed by atoms with E-state index in [2.05, 4.69) is 5.32 Å². The molecule has 0 aromatic heterocycles. The van der Waals surface area contributed by atoms with Crippen LogP contribution in [0.3, 0.4) is 0 Å². The van der Waals surface area contributed by atoms with E-state index in [9.17, 15) is 18.4 Å². The Kier molecular flexibility index (Phi) is 11.0. The normalized spacial score (nSPS) is 12.6. The first-order valence-electron chi connectivity index (χ1n) is 12.2. The van der Waals surface area contributed by atoms with Gasteiger partial charge in [0, 0.05) is 35.3 Å². The van der Waals surface area contributed by atoms with Gasteiger partial charge < -0.3 is 10.2 Å². The second-order valence-corrected chi connectivity index (χ2v) is 10.3. The molecule has 0 unspecified atom stereocenters. The highest BCUT2D eigenvalue weighted by Crippen LogP contribution is 2.25. The number of amides is 2. The minimum atomic E-state index is -0.786. The fraction of sp³-hybridized carbons (Fsp3) is 0.310. The summed E-state index contributed by atoms with van der Waals surface area (Å²) in [6, 6.07) is 19.0. The number of nitrogens with one attached hydrogen (secondary N) is 1. The quantitative estimate of drug-likeness (QED) is 0.287. The van der Waals surface area contributed by atoms with Crippen molar-refractivity contribution < 1.29 is 18.4 Å². The minimum absolute atomic E-state index is 0.0216. The fourth-order valence-electron chi connectivity index (χ4n) is 3.78. The Morgan fingerprint density at radius 3 is 2.32 bits per heavy atom. The summed E-state index contributed by atoms with van der Waals surface area (Å²) in [5.74, 6) is -1.10. The van der Waals surface area contributed by atoms with Crippen LogP contribution in [0.4, 0.5) is 8.78 Å². The molecule has 0 aliphatic carbocycles. The molecule has 0 aliphatic rings. The zero-order valence-corrected chi connectivity index (χ0v) is 22.5. The Bertz CT molecular complexity index is 1160. The molecule has 1 N–H and O–H groups in total. The average molecular weight is 545 g/mol. The Morgan fingerprint density at radius 1 is 0.973 bits per heavy atom. The fourth-order valence-corrected chi connectivity index (χ4v) is 5.02. The van der Waals surface area contributed by atoms with E-state index in [4.69, 9.17) is 11.6 Å². The lowest BCUT2D eigenvalue weighted by Crippen LogP contribution is -2.52. The van der Waals surface area contributed by atoms with Crippen molar-refractivity contribution in [3.63, 3.8) is 0 Å². The van der Waals surface area contributed by atoms with E-state index >= 15 is 0 Å².